The molecule has 1 heteroatoms. The van der Waals surface area contributed by atoms with Crippen molar-refractivity contribution in [2.45, 2.75) is 65.2 Å². The monoisotopic (exact) mass is 246 g/mol. The van der Waals surface area contributed by atoms with Crippen LogP contribution >= 0.6 is 0 Å². The topological polar surface area (TPSA) is 17.1 Å². The Hall–Kier alpha value is -1.11. The standard InChI is InChI=1S/C17H26O/c1-5-12-17(13-6-2,16(18)7-3)15-11-9-8-10-14(15)4/h8-11H,5-7,12-13H2,1-4H3. The van der Waals surface area contributed by atoms with Gasteiger partial charge in [-0.1, -0.05) is 57.9 Å². The lowest BCUT2D eigenvalue weighted by atomic mass is 9.68. The van der Waals surface area contributed by atoms with Gasteiger partial charge in [0.15, 0.2) is 0 Å². The second-order valence-electron chi connectivity index (χ2n) is 5.17. The van der Waals surface area contributed by atoms with Crippen molar-refractivity contribution in [3.8, 4) is 0 Å². The van der Waals surface area contributed by atoms with Crippen LogP contribution in [0.5, 0.6) is 0 Å². The summed E-state index contributed by atoms with van der Waals surface area (Å²) in [7, 11) is 0. The van der Waals surface area contributed by atoms with Gasteiger partial charge in [0, 0.05) is 6.42 Å². The smallest absolute Gasteiger partial charge is 0.143 e. The lowest BCUT2D eigenvalue weighted by Crippen LogP contribution is -2.36. The fraction of sp³-hybridized carbons (Fsp3) is 0.588. The van der Waals surface area contributed by atoms with Gasteiger partial charge in [0.1, 0.15) is 5.78 Å². The van der Waals surface area contributed by atoms with Gasteiger partial charge >= 0.3 is 0 Å². The maximum Gasteiger partial charge on any atom is 0.143 e. The summed E-state index contributed by atoms with van der Waals surface area (Å²) >= 11 is 0. The molecule has 0 unspecified atom stereocenters. The van der Waals surface area contributed by atoms with Crippen LogP contribution in [0.3, 0.4) is 0 Å². The van der Waals surface area contributed by atoms with Crippen molar-refractivity contribution < 1.29 is 4.79 Å². The van der Waals surface area contributed by atoms with Crippen molar-refractivity contribution in [1.82, 2.24) is 0 Å². The van der Waals surface area contributed by atoms with Crippen molar-refractivity contribution in [2.75, 3.05) is 0 Å². The van der Waals surface area contributed by atoms with Gasteiger partial charge in [0.2, 0.25) is 0 Å². The van der Waals surface area contributed by atoms with Gasteiger partial charge in [-0.15, -0.1) is 0 Å². The van der Waals surface area contributed by atoms with Crippen LogP contribution < -0.4 is 0 Å². The van der Waals surface area contributed by atoms with Gasteiger partial charge in [0.25, 0.3) is 0 Å². The van der Waals surface area contributed by atoms with Crippen molar-refractivity contribution in [2.24, 2.45) is 0 Å². The summed E-state index contributed by atoms with van der Waals surface area (Å²) in [5, 5.41) is 0. The average Bonchev–Trinajstić information content (AvgIpc) is 2.38. The van der Waals surface area contributed by atoms with Crippen molar-refractivity contribution in [3.05, 3.63) is 35.4 Å². The molecule has 0 bridgehead atoms. The van der Waals surface area contributed by atoms with E-state index in [0.29, 0.717) is 12.2 Å². The van der Waals surface area contributed by atoms with Crippen LogP contribution in [-0.4, -0.2) is 5.78 Å². The van der Waals surface area contributed by atoms with Crippen LogP contribution in [0.2, 0.25) is 0 Å². The molecule has 0 aliphatic rings. The van der Waals surface area contributed by atoms with Crippen molar-refractivity contribution in [3.63, 3.8) is 0 Å². The second kappa shape index (κ2) is 6.72. The summed E-state index contributed by atoms with van der Waals surface area (Å²) in [6.07, 6.45) is 4.69. The van der Waals surface area contributed by atoms with Crippen LogP contribution in [0.15, 0.2) is 24.3 Å². The van der Waals surface area contributed by atoms with Gasteiger partial charge in [-0.3, -0.25) is 4.79 Å². The van der Waals surface area contributed by atoms with Crippen LogP contribution in [0, 0.1) is 6.92 Å². The third-order valence-corrected chi connectivity index (χ3v) is 3.87. The maximum atomic E-state index is 12.6. The van der Waals surface area contributed by atoms with Gasteiger partial charge in [0.05, 0.1) is 5.41 Å². The first-order valence-corrected chi connectivity index (χ1v) is 7.21. The molecule has 0 heterocycles. The van der Waals surface area contributed by atoms with E-state index in [-0.39, 0.29) is 5.41 Å². The second-order valence-corrected chi connectivity index (χ2v) is 5.17. The summed E-state index contributed by atoms with van der Waals surface area (Å²) in [4.78, 5) is 12.6. The largest absolute Gasteiger partial charge is 0.299 e. The van der Waals surface area contributed by atoms with E-state index < -0.39 is 0 Å². The minimum Gasteiger partial charge on any atom is -0.299 e. The molecule has 100 valence electrons. The van der Waals surface area contributed by atoms with Crippen molar-refractivity contribution >= 4 is 5.78 Å². The predicted molar refractivity (Wildman–Crippen MR) is 78.0 cm³/mol. The molecular formula is C17H26O. The molecule has 0 amide bonds. The zero-order valence-corrected chi connectivity index (χ0v) is 12.3. The van der Waals surface area contributed by atoms with E-state index in [1.54, 1.807) is 0 Å². The zero-order valence-electron chi connectivity index (χ0n) is 12.3. The van der Waals surface area contributed by atoms with E-state index in [1.165, 1.54) is 11.1 Å². The third kappa shape index (κ3) is 2.82. The molecule has 0 saturated heterocycles. The van der Waals surface area contributed by atoms with Crippen LogP contribution in [-0.2, 0) is 10.2 Å². The van der Waals surface area contributed by atoms with E-state index >= 15 is 0 Å². The van der Waals surface area contributed by atoms with Gasteiger partial charge in [-0.25, -0.2) is 0 Å². The minimum atomic E-state index is -0.246. The first-order chi connectivity index (χ1) is 8.62. The Morgan fingerprint density at radius 1 is 1.06 bits per heavy atom. The third-order valence-electron chi connectivity index (χ3n) is 3.87. The molecule has 1 rings (SSSR count). The molecule has 0 aromatic heterocycles. The van der Waals surface area contributed by atoms with E-state index in [1.807, 2.05) is 6.92 Å². The highest BCUT2D eigenvalue weighted by Crippen LogP contribution is 2.38. The Morgan fingerprint density at radius 2 is 1.61 bits per heavy atom. The van der Waals surface area contributed by atoms with E-state index in [4.69, 9.17) is 0 Å². The number of ketones is 1. The minimum absolute atomic E-state index is 0.246. The van der Waals surface area contributed by atoms with Crippen LogP contribution in [0.1, 0.15) is 64.0 Å². The van der Waals surface area contributed by atoms with E-state index in [2.05, 4.69) is 45.0 Å². The molecule has 0 radical (unpaired) electrons. The quantitative estimate of drug-likeness (QED) is 0.674. The molecule has 1 nitrogen and oxygen atoms in total. The molecule has 0 spiro atoms. The Bertz CT molecular complexity index is 386. The molecule has 1 aromatic rings. The van der Waals surface area contributed by atoms with Gasteiger partial charge < -0.3 is 0 Å². The van der Waals surface area contributed by atoms with Crippen LogP contribution in [0.4, 0.5) is 0 Å². The number of Topliss-reactive ketones (excluding diaryl/α,β-unsaturated/α-hetero) is 1. The molecule has 0 N–H and O–H groups in total. The Morgan fingerprint density at radius 3 is 2.06 bits per heavy atom. The normalized spacial score (nSPS) is 11.6. The summed E-state index contributed by atoms with van der Waals surface area (Å²) in [6.45, 7) is 8.45. The molecule has 18 heavy (non-hydrogen) atoms. The SMILES string of the molecule is CCCC(CCC)(C(=O)CC)c1ccccc1C. The number of carbonyl (C=O) groups excluding carboxylic acids is 1. The highest BCUT2D eigenvalue weighted by Gasteiger charge is 2.37. The Kier molecular flexibility index (Phi) is 5.58. The number of carbonyl (C=O) groups is 1. The molecule has 0 aliphatic carbocycles. The summed E-state index contributed by atoms with van der Waals surface area (Å²) in [5.41, 5.74) is 2.26. The first kappa shape index (κ1) is 14.9. The molecule has 0 fully saturated rings. The summed E-state index contributed by atoms with van der Waals surface area (Å²) in [6, 6.07) is 8.38. The molecule has 0 saturated carbocycles. The van der Waals surface area contributed by atoms with Crippen molar-refractivity contribution in [1.29, 1.82) is 0 Å². The first-order valence-electron chi connectivity index (χ1n) is 7.21. The van der Waals surface area contributed by atoms with Gasteiger partial charge in [-0.05, 0) is 30.9 Å². The molecule has 0 atom stereocenters. The van der Waals surface area contributed by atoms with Crippen LogP contribution in [0.25, 0.3) is 0 Å². The highest BCUT2D eigenvalue weighted by molar-refractivity contribution is 5.90. The molecule has 0 aliphatic heterocycles. The lowest BCUT2D eigenvalue weighted by molar-refractivity contribution is -0.125. The molecular weight excluding hydrogens is 220 g/mol. The van der Waals surface area contributed by atoms with Gasteiger partial charge in [-0.2, -0.15) is 0 Å². The number of benzene rings is 1. The summed E-state index contributed by atoms with van der Waals surface area (Å²) < 4.78 is 0. The number of hydrogen-bond donors (Lipinski definition) is 0. The summed E-state index contributed by atoms with van der Waals surface area (Å²) in [5.74, 6) is 0.403. The zero-order chi connectivity index (χ0) is 13.6. The fourth-order valence-electron chi connectivity index (χ4n) is 3.13. The number of hydrogen-bond acceptors (Lipinski definition) is 1. The Balaban J connectivity index is 3.33. The van der Waals surface area contributed by atoms with E-state index in [9.17, 15) is 4.79 Å². The fourth-order valence-corrected chi connectivity index (χ4v) is 3.13. The molecule has 1 aromatic carbocycles. The highest BCUT2D eigenvalue weighted by atomic mass is 16.1. The predicted octanol–water partition coefficient (Wildman–Crippen LogP) is 4.81. The number of rotatable bonds is 7. The Labute approximate surface area is 112 Å². The van der Waals surface area contributed by atoms with E-state index in [0.717, 1.165) is 25.7 Å². The lowest BCUT2D eigenvalue weighted by Gasteiger charge is -2.34. The number of aryl methyl sites for hydroxylation is 1. The maximum absolute atomic E-state index is 12.6. The average molecular weight is 246 g/mol.